The number of carbonyl (C=O) groups excluding carboxylic acids is 1. The van der Waals surface area contributed by atoms with Gasteiger partial charge in [-0.15, -0.1) is 11.6 Å². The van der Waals surface area contributed by atoms with Gasteiger partial charge in [-0.25, -0.2) is 4.99 Å². The van der Waals surface area contributed by atoms with Crippen LogP contribution in [0.25, 0.3) is 0 Å². The molecular weight excluding hydrogens is 396 g/mol. The molecule has 0 fully saturated rings. The molecule has 2 aromatic carbocycles. The van der Waals surface area contributed by atoms with Crippen molar-refractivity contribution >= 4 is 44.8 Å². The molecule has 24 heavy (non-hydrogen) atoms. The second-order valence-corrected chi connectivity index (χ2v) is 6.27. The Morgan fingerprint density at radius 3 is 2.42 bits per heavy atom. The number of benzene rings is 2. The molecule has 0 atom stereocenters. The largest absolute Gasteiger partial charge is 0.486 e. The van der Waals surface area contributed by atoms with Gasteiger partial charge < -0.3 is 15.2 Å². The van der Waals surface area contributed by atoms with Gasteiger partial charge in [0.25, 0.3) is 0 Å². The minimum absolute atomic E-state index is 0.0698. The van der Waals surface area contributed by atoms with Gasteiger partial charge in [-0.3, -0.25) is 4.79 Å². The van der Waals surface area contributed by atoms with Crippen LogP contribution in [-0.4, -0.2) is 30.7 Å². The van der Waals surface area contributed by atoms with Crippen molar-refractivity contribution in [3.8, 4) is 11.5 Å². The summed E-state index contributed by atoms with van der Waals surface area (Å²) in [4.78, 5) is 17.1. The molecule has 0 saturated heterocycles. The average Bonchev–Trinajstić information content (AvgIpc) is 2.61. The number of hydrogen-bond acceptors (Lipinski definition) is 4. The first kappa shape index (κ1) is 16.8. The predicted octanol–water partition coefficient (Wildman–Crippen LogP) is 3.68. The topological polar surface area (TPSA) is 73.9 Å². The number of fused-ring (bicyclic) bond motifs is 1. The smallest absolute Gasteiger partial charge is 0.195 e. The molecule has 124 valence electrons. The van der Waals surface area contributed by atoms with Crippen LogP contribution in [0.5, 0.6) is 11.5 Å². The van der Waals surface area contributed by atoms with E-state index in [9.17, 15) is 4.79 Å². The van der Waals surface area contributed by atoms with Crippen molar-refractivity contribution in [2.75, 3.05) is 19.1 Å². The molecule has 2 aromatic rings. The Morgan fingerprint density at radius 1 is 1.17 bits per heavy atom. The molecule has 2 N–H and O–H groups in total. The second kappa shape index (κ2) is 7.23. The highest BCUT2D eigenvalue weighted by Crippen LogP contribution is 2.38. The van der Waals surface area contributed by atoms with Gasteiger partial charge in [-0.1, -0.05) is 15.9 Å². The van der Waals surface area contributed by atoms with Crippen molar-refractivity contribution in [2.24, 2.45) is 10.7 Å². The van der Waals surface area contributed by atoms with Crippen LogP contribution in [0.1, 0.15) is 15.9 Å². The van der Waals surface area contributed by atoms with Crippen LogP contribution in [0.4, 0.5) is 5.69 Å². The van der Waals surface area contributed by atoms with Gasteiger partial charge in [0.15, 0.2) is 17.3 Å². The first-order valence-electron chi connectivity index (χ1n) is 7.21. The number of ether oxygens (including phenoxy) is 2. The predicted molar refractivity (Wildman–Crippen MR) is 97.0 cm³/mol. The van der Waals surface area contributed by atoms with Crippen LogP contribution in [-0.2, 0) is 0 Å². The maximum atomic E-state index is 12.9. The summed E-state index contributed by atoms with van der Waals surface area (Å²) in [6.07, 6.45) is 0. The monoisotopic (exact) mass is 408 g/mol. The highest BCUT2D eigenvalue weighted by Gasteiger charge is 2.21. The SMILES string of the molecule is NC(CCl)=Nc1cc2c(cc1C(=O)c1ccc(Br)cc1)OCCO2. The molecule has 0 unspecified atom stereocenters. The second-order valence-electron chi connectivity index (χ2n) is 5.09. The fourth-order valence-electron chi connectivity index (χ4n) is 2.29. The van der Waals surface area contributed by atoms with Crippen molar-refractivity contribution in [3.63, 3.8) is 0 Å². The van der Waals surface area contributed by atoms with E-state index in [2.05, 4.69) is 20.9 Å². The molecule has 0 amide bonds. The van der Waals surface area contributed by atoms with E-state index in [1.807, 2.05) is 0 Å². The lowest BCUT2D eigenvalue weighted by atomic mass is 10.0. The van der Waals surface area contributed by atoms with E-state index >= 15 is 0 Å². The summed E-state index contributed by atoms with van der Waals surface area (Å²) < 4.78 is 12.0. The fraction of sp³-hybridized carbons (Fsp3) is 0.176. The van der Waals surface area contributed by atoms with E-state index in [1.165, 1.54) is 0 Å². The van der Waals surface area contributed by atoms with Crippen LogP contribution < -0.4 is 15.2 Å². The molecule has 0 spiro atoms. The third kappa shape index (κ3) is 3.55. The normalized spacial score (nSPS) is 13.7. The van der Waals surface area contributed by atoms with Gasteiger partial charge in [0.2, 0.25) is 0 Å². The van der Waals surface area contributed by atoms with E-state index in [4.69, 9.17) is 26.8 Å². The lowest BCUT2D eigenvalue weighted by Crippen LogP contribution is -2.17. The highest BCUT2D eigenvalue weighted by atomic mass is 79.9. The molecule has 0 aliphatic carbocycles. The number of aliphatic imine (C=N–C) groups is 1. The van der Waals surface area contributed by atoms with Crippen molar-refractivity contribution in [2.45, 2.75) is 0 Å². The molecular formula is C17H14BrClN2O3. The van der Waals surface area contributed by atoms with Gasteiger partial charge in [-0.05, 0) is 30.3 Å². The maximum Gasteiger partial charge on any atom is 0.195 e. The zero-order valence-electron chi connectivity index (χ0n) is 12.6. The Labute approximate surface area is 152 Å². The van der Waals surface area contributed by atoms with Gasteiger partial charge in [0.05, 0.1) is 17.1 Å². The summed E-state index contributed by atoms with van der Waals surface area (Å²) in [6, 6.07) is 10.4. The van der Waals surface area contributed by atoms with Crippen molar-refractivity contribution < 1.29 is 14.3 Å². The lowest BCUT2D eigenvalue weighted by molar-refractivity contribution is 0.103. The summed E-state index contributed by atoms with van der Waals surface area (Å²) in [5, 5.41) is 0. The Hall–Kier alpha value is -2.05. The quantitative estimate of drug-likeness (QED) is 0.362. The number of carbonyl (C=O) groups is 1. The van der Waals surface area contributed by atoms with Crippen molar-refractivity contribution in [1.82, 2.24) is 0 Å². The minimum Gasteiger partial charge on any atom is -0.486 e. The van der Waals surface area contributed by atoms with E-state index in [1.54, 1.807) is 36.4 Å². The molecule has 3 rings (SSSR count). The highest BCUT2D eigenvalue weighted by molar-refractivity contribution is 9.10. The fourth-order valence-corrected chi connectivity index (χ4v) is 2.62. The molecule has 1 heterocycles. The number of nitrogens with two attached hydrogens (primary N) is 1. The standard InChI is InChI=1S/C17H14BrClN2O3/c18-11-3-1-10(2-4-11)17(22)12-7-14-15(24-6-5-23-14)8-13(12)21-16(20)9-19/h1-4,7-8H,5-6,9H2,(H2,20,21). The number of nitrogens with zero attached hydrogens (tertiary/aromatic N) is 1. The maximum absolute atomic E-state index is 12.9. The van der Waals surface area contributed by atoms with Gasteiger partial charge >= 0.3 is 0 Å². The first-order chi connectivity index (χ1) is 11.6. The summed E-state index contributed by atoms with van der Waals surface area (Å²) in [5.74, 6) is 1.17. The molecule has 0 bridgehead atoms. The van der Waals surface area contributed by atoms with E-state index in [0.717, 1.165) is 4.47 Å². The number of ketones is 1. The summed E-state index contributed by atoms with van der Waals surface area (Å²) >= 11 is 9.07. The molecule has 7 heteroatoms. The average molecular weight is 410 g/mol. The Kier molecular flexibility index (Phi) is 5.06. The van der Waals surface area contributed by atoms with Crippen molar-refractivity contribution in [1.29, 1.82) is 0 Å². The molecule has 1 aliphatic rings. The zero-order chi connectivity index (χ0) is 17.1. The number of hydrogen-bond donors (Lipinski definition) is 1. The number of amidine groups is 1. The number of alkyl halides is 1. The van der Waals surface area contributed by atoms with E-state index < -0.39 is 0 Å². The van der Waals surface area contributed by atoms with Gasteiger partial charge in [-0.2, -0.15) is 0 Å². The van der Waals surface area contributed by atoms with Crippen LogP contribution >= 0.6 is 27.5 Å². The minimum atomic E-state index is -0.180. The van der Waals surface area contributed by atoms with Crippen LogP contribution in [0, 0.1) is 0 Å². The van der Waals surface area contributed by atoms with Crippen LogP contribution in [0.15, 0.2) is 45.9 Å². The molecule has 5 nitrogen and oxygen atoms in total. The molecule has 1 aliphatic heterocycles. The Bertz CT molecular complexity index is 806. The lowest BCUT2D eigenvalue weighted by Gasteiger charge is -2.20. The van der Waals surface area contributed by atoms with Gasteiger partial charge in [0, 0.05) is 16.1 Å². The summed E-state index contributed by atoms with van der Waals surface area (Å²) in [6.45, 7) is 0.881. The van der Waals surface area contributed by atoms with Crippen LogP contribution in [0.3, 0.4) is 0 Å². The Balaban J connectivity index is 2.10. The third-order valence-electron chi connectivity index (χ3n) is 3.41. The molecule has 0 aromatic heterocycles. The van der Waals surface area contributed by atoms with Crippen molar-refractivity contribution in [3.05, 3.63) is 52.0 Å². The number of halogens is 2. The third-order valence-corrected chi connectivity index (χ3v) is 4.22. The van der Waals surface area contributed by atoms with E-state index in [-0.39, 0.29) is 17.5 Å². The molecule has 0 saturated carbocycles. The summed E-state index contributed by atoms with van der Waals surface area (Å²) in [5.41, 5.74) is 7.07. The molecule has 0 radical (unpaired) electrons. The van der Waals surface area contributed by atoms with E-state index in [0.29, 0.717) is 41.5 Å². The van der Waals surface area contributed by atoms with Crippen LogP contribution in [0.2, 0.25) is 0 Å². The number of rotatable bonds is 4. The van der Waals surface area contributed by atoms with Gasteiger partial charge in [0.1, 0.15) is 19.0 Å². The summed E-state index contributed by atoms with van der Waals surface area (Å²) in [7, 11) is 0. The zero-order valence-corrected chi connectivity index (χ0v) is 14.9. The first-order valence-corrected chi connectivity index (χ1v) is 8.54. The Morgan fingerprint density at radius 2 is 1.79 bits per heavy atom.